The average molecular weight is 248 g/mol. The molecule has 1 amide bonds. The van der Waals surface area contributed by atoms with E-state index in [1.807, 2.05) is 0 Å². The zero-order chi connectivity index (χ0) is 13.3. The predicted octanol–water partition coefficient (Wildman–Crippen LogP) is -1.73. The maximum Gasteiger partial charge on any atom is 0.326 e. The minimum Gasteiger partial charge on any atom is -0.481 e. The molecule has 0 rings (SSSR count). The lowest BCUT2D eigenvalue weighted by molar-refractivity contribution is -0.147. The summed E-state index contributed by atoms with van der Waals surface area (Å²) in [4.78, 5) is 32.2. The van der Waals surface area contributed by atoms with E-state index in [0.717, 1.165) is 0 Å². The van der Waals surface area contributed by atoms with E-state index in [9.17, 15) is 14.4 Å². The van der Waals surface area contributed by atoms with Crippen LogP contribution in [0.1, 0.15) is 6.42 Å². The van der Waals surface area contributed by atoms with Crippen molar-refractivity contribution >= 4 is 17.8 Å². The van der Waals surface area contributed by atoms with E-state index in [-0.39, 0.29) is 6.54 Å². The van der Waals surface area contributed by atoms with Crippen molar-refractivity contribution in [3.8, 4) is 0 Å². The van der Waals surface area contributed by atoms with Crippen LogP contribution < -0.4 is 10.6 Å². The molecule has 0 radical (unpaired) electrons. The smallest absolute Gasteiger partial charge is 0.326 e. The van der Waals surface area contributed by atoms with Gasteiger partial charge in [0.15, 0.2) is 0 Å². The van der Waals surface area contributed by atoms with E-state index in [1.54, 1.807) is 0 Å². The molecule has 8 heteroatoms. The first-order valence-electron chi connectivity index (χ1n) is 4.91. The summed E-state index contributed by atoms with van der Waals surface area (Å²) in [6.07, 6.45) is -0.654. The molecular formula is C9H16N2O6. The number of rotatable bonds is 9. The van der Waals surface area contributed by atoms with Crippen LogP contribution in [0.2, 0.25) is 0 Å². The molecule has 0 aromatic carbocycles. The number of nitrogens with one attached hydrogen (secondary N) is 2. The van der Waals surface area contributed by atoms with Gasteiger partial charge in [-0.15, -0.1) is 0 Å². The van der Waals surface area contributed by atoms with Crippen LogP contribution in [0, 0.1) is 0 Å². The highest BCUT2D eigenvalue weighted by atomic mass is 16.5. The van der Waals surface area contributed by atoms with Crippen molar-refractivity contribution in [3.63, 3.8) is 0 Å². The van der Waals surface area contributed by atoms with Crippen molar-refractivity contribution in [2.75, 3.05) is 26.8 Å². The lowest BCUT2D eigenvalue weighted by Crippen LogP contribution is -2.45. The Hall–Kier alpha value is -1.67. The van der Waals surface area contributed by atoms with Crippen molar-refractivity contribution < 1.29 is 29.3 Å². The van der Waals surface area contributed by atoms with Crippen LogP contribution in [-0.2, 0) is 19.1 Å². The van der Waals surface area contributed by atoms with Gasteiger partial charge in [0.05, 0.1) is 19.6 Å². The number of carboxylic acid groups (broad SMARTS) is 2. The molecule has 0 saturated heterocycles. The molecule has 4 N–H and O–H groups in total. The van der Waals surface area contributed by atoms with E-state index in [2.05, 4.69) is 10.6 Å². The van der Waals surface area contributed by atoms with Gasteiger partial charge in [0, 0.05) is 13.7 Å². The van der Waals surface area contributed by atoms with E-state index in [0.29, 0.717) is 13.2 Å². The number of methoxy groups -OCH3 is 1. The van der Waals surface area contributed by atoms with Crippen molar-refractivity contribution in [3.05, 3.63) is 0 Å². The van der Waals surface area contributed by atoms with Crippen LogP contribution in [0.5, 0.6) is 0 Å². The molecule has 0 saturated carbocycles. The number of hydrogen-bond acceptors (Lipinski definition) is 5. The molecule has 0 aliphatic carbocycles. The minimum atomic E-state index is -1.41. The van der Waals surface area contributed by atoms with Gasteiger partial charge in [-0.1, -0.05) is 0 Å². The van der Waals surface area contributed by atoms with Gasteiger partial charge >= 0.3 is 11.9 Å². The van der Waals surface area contributed by atoms with Crippen LogP contribution in [0.25, 0.3) is 0 Å². The van der Waals surface area contributed by atoms with Crippen molar-refractivity contribution in [1.29, 1.82) is 0 Å². The molecule has 0 spiro atoms. The summed E-state index contributed by atoms with van der Waals surface area (Å²) in [5.41, 5.74) is 0. The Balaban J connectivity index is 3.96. The summed E-state index contributed by atoms with van der Waals surface area (Å²) in [5, 5.41) is 21.9. The van der Waals surface area contributed by atoms with Crippen LogP contribution >= 0.6 is 0 Å². The first-order valence-corrected chi connectivity index (χ1v) is 4.91. The van der Waals surface area contributed by atoms with Gasteiger partial charge in [0.1, 0.15) is 6.04 Å². The second kappa shape index (κ2) is 8.48. The van der Waals surface area contributed by atoms with Crippen LogP contribution in [0.4, 0.5) is 0 Å². The third-order valence-corrected chi connectivity index (χ3v) is 1.78. The molecule has 1 unspecified atom stereocenters. The number of amides is 1. The molecule has 17 heavy (non-hydrogen) atoms. The Kier molecular flexibility index (Phi) is 7.65. The van der Waals surface area contributed by atoms with E-state index in [1.165, 1.54) is 7.11 Å². The molecule has 98 valence electrons. The van der Waals surface area contributed by atoms with Gasteiger partial charge in [-0.25, -0.2) is 4.79 Å². The normalized spacial score (nSPS) is 11.8. The topological polar surface area (TPSA) is 125 Å². The Morgan fingerprint density at radius 2 is 1.94 bits per heavy atom. The summed E-state index contributed by atoms with van der Waals surface area (Å²) < 4.78 is 4.73. The molecule has 0 aromatic rings. The number of hydrogen-bond donors (Lipinski definition) is 4. The van der Waals surface area contributed by atoms with Gasteiger partial charge < -0.3 is 25.6 Å². The maximum absolute atomic E-state index is 11.2. The van der Waals surface area contributed by atoms with E-state index >= 15 is 0 Å². The highest BCUT2D eigenvalue weighted by Crippen LogP contribution is 1.92. The molecule has 8 nitrogen and oxygen atoms in total. The predicted molar refractivity (Wildman–Crippen MR) is 56.6 cm³/mol. The second-order valence-corrected chi connectivity index (χ2v) is 3.23. The van der Waals surface area contributed by atoms with Gasteiger partial charge in [-0.05, 0) is 0 Å². The number of ether oxygens (including phenoxy) is 1. The molecule has 0 aliphatic rings. The lowest BCUT2D eigenvalue weighted by atomic mass is 10.2. The van der Waals surface area contributed by atoms with Crippen LogP contribution in [0.3, 0.4) is 0 Å². The van der Waals surface area contributed by atoms with Gasteiger partial charge in [0.2, 0.25) is 5.91 Å². The number of carboxylic acids is 2. The van der Waals surface area contributed by atoms with E-state index < -0.39 is 30.3 Å². The van der Waals surface area contributed by atoms with Gasteiger partial charge in [-0.3, -0.25) is 9.59 Å². The zero-order valence-electron chi connectivity index (χ0n) is 9.43. The Labute approximate surface area is 97.9 Å². The van der Waals surface area contributed by atoms with Crippen molar-refractivity contribution in [2.24, 2.45) is 0 Å². The fourth-order valence-electron chi connectivity index (χ4n) is 0.996. The zero-order valence-corrected chi connectivity index (χ0v) is 9.43. The lowest BCUT2D eigenvalue weighted by Gasteiger charge is -2.12. The number of aliphatic carboxylic acids is 2. The van der Waals surface area contributed by atoms with Crippen molar-refractivity contribution in [1.82, 2.24) is 10.6 Å². The van der Waals surface area contributed by atoms with Gasteiger partial charge in [0.25, 0.3) is 0 Å². The average Bonchev–Trinajstić information content (AvgIpc) is 2.22. The molecule has 0 bridgehead atoms. The summed E-state index contributed by atoms with van der Waals surface area (Å²) in [6.45, 7) is 0.776. The van der Waals surface area contributed by atoms with Gasteiger partial charge in [-0.2, -0.15) is 0 Å². The molecule has 0 fully saturated rings. The number of carbonyl (C=O) groups excluding carboxylic acids is 1. The fraction of sp³-hybridized carbons (Fsp3) is 0.667. The largest absolute Gasteiger partial charge is 0.481 e. The first-order chi connectivity index (χ1) is 7.97. The first kappa shape index (κ1) is 15.3. The molecule has 0 aliphatic heterocycles. The molecule has 0 aromatic heterocycles. The summed E-state index contributed by atoms with van der Waals surface area (Å²) >= 11 is 0. The maximum atomic E-state index is 11.2. The highest BCUT2D eigenvalue weighted by Gasteiger charge is 2.22. The summed E-state index contributed by atoms with van der Waals surface area (Å²) in [6, 6.07) is -1.41. The fourth-order valence-corrected chi connectivity index (χ4v) is 0.996. The minimum absolute atomic E-state index is 0.0905. The monoisotopic (exact) mass is 248 g/mol. The number of carbonyl (C=O) groups is 3. The molecular weight excluding hydrogens is 232 g/mol. The van der Waals surface area contributed by atoms with Crippen LogP contribution in [-0.4, -0.2) is 60.9 Å². The van der Waals surface area contributed by atoms with Crippen molar-refractivity contribution in [2.45, 2.75) is 12.5 Å². The molecule has 0 heterocycles. The standard InChI is InChI=1S/C9H16N2O6/c1-17-3-2-10-5-7(12)11-6(9(15)16)4-8(13)14/h6,10H,2-5H2,1H3,(H,11,12)(H,13,14)(H,15,16). The SMILES string of the molecule is COCCNCC(=O)NC(CC(=O)O)C(=O)O. The second-order valence-electron chi connectivity index (χ2n) is 3.23. The Morgan fingerprint density at radius 3 is 2.41 bits per heavy atom. The van der Waals surface area contributed by atoms with Crippen LogP contribution in [0.15, 0.2) is 0 Å². The Bertz CT molecular complexity index is 281. The quantitative estimate of drug-likeness (QED) is 0.357. The molecule has 1 atom stereocenters. The summed E-state index contributed by atoms with van der Waals surface area (Å²) in [5.74, 6) is -3.24. The van der Waals surface area contributed by atoms with E-state index in [4.69, 9.17) is 14.9 Å². The third-order valence-electron chi connectivity index (χ3n) is 1.78. The third kappa shape index (κ3) is 8.17. The summed E-state index contributed by atoms with van der Waals surface area (Å²) in [7, 11) is 1.51. The Morgan fingerprint density at radius 1 is 1.29 bits per heavy atom. The highest BCUT2D eigenvalue weighted by molar-refractivity contribution is 5.87.